The van der Waals surface area contributed by atoms with Gasteiger partial charge < -0.3 is 9.42 Å². The molecule has 1 atom stereocenters. The van der Waals surface area contributed by atoms with Gasteiger partial charge in [-0.05, 0) is 57.2 Å². The highest BCUT2D eigenvalue weighted by molar-refractivity contribution is 7.89. The molecule has 0 bridgehead atoms. The number of amides is 1. The lowest BCUT2D eigenvalue weighted by molar-refractivity contribution is -0.137. The van der Waals surface area contributed by atoms with E-state index in [9.17, 15) is 17.6 Å². The lowest BCUT2D eigenvalue weighted by Gasteiger charge is -2.35. The fourth-order valence-electron chi connectivity index (χ4n) is 4.44. The predicted octanol–water partition coefficient (Wildman–Crippen LogP) is 3.71. The molecule has 1 unspecified atom stereocenters. The third kappa shape index (κ3) is 4.63. The van der Waals surface area contributed by atoms with Gasteiger partial charge in [-0.15, -0.1) is 0 Å². The number of aryl methyl sites for hydroxylation is 1. The van der Waals surface area contributed by atoms with Crippen LogP contribution in [0.2, 0.25) is 0 Å². The SMILES string of the molecule is Cc1noc(/C=C/c2ccccc2F)c1S(=O)(=O)N1CCCC(C(=O)N2CCCCC2)C1. The fourth-order valence-corrected chi connectivity index (χ4v) is 6.21. The number of hydrogen-bond donors (Lipinski definition) is 0. The zero-order valence-corrected chi connectivity index (χ0v) is 19.0. The number of halogens is 1. The predicted molar refractivity (Wildman–Crippen MR) is 118 cm³/mol. The third-order valence-electron chi connectivity index (χ3n) is 6.15. The number of rotatable bonds is 5. The number of hydrogen-bond acceptors (Lipinski definition) is 5. The van der Waals surface area contributed by atoms with Gasteiger partial charge in [0, 0.05) is 31.7 Å². The molecule has 2 aromatic rings. The smallest absolute Gasteiger partial charge is 0.248 e. The molecule has 0 spiro atoms. The third-order valence-corrected chi connectivity index (χ3v) is 8.18. The van der Waals surface area contributed by atoms with E-state index in [2.05, 4.69) is 5.16 Å². The van der Waals surface area contributed by atoms with Gasteiger partial charge in [0.25, 0.3) is 0 Å². The van der Waals surface area contributed by atoms with Crippen molar-refractivity contribution in [2.75, 3.05) is 26.2 Å². The molecule has 2 aliphatic rings. The van der Waals surface area contributed by atoms with Crippen LogP contribution in [0, 0.1) is 18.7 Å². The number of benzene rings is 1. The van der Waals surface area contributed by atoms with Crippen LogP contribution >= 0.6 is 0 Å². The van der Waals surface area contributed by atoms with Crippen LogP contribution in [0.15, 0.2) is 33.7 Å². The first-order chi connectivity index (χ1) is 15.4. The van der Waals surface area contributed by atoms with Crippen molar-refractivity contribution < 1.29 is 22.1 Å². The summed E-state index contributed by atoms with van der Waals surface area (Å²) in [5, 5.41) is 3.84. The highest BCUT2D eigenvalue weighted by Crippen LogP contribution is 2.30. The van der Waals surface area contributed by atoms with Crippen LogP contribution < -0.4 is 0 Å². The average Bonchev–Trinajstić information content (AvgIpc) is 3.20. The molecule has 0 saturated carbocycles. The highest BCUT2D eigenvalue weighted by Gasteiger charge is 2.38. The second kappa shape index (κ2) is 9.54. The molecular weight excluding hydrogens is 433 g/mol. The van der Waals surface area contributed by atoms with Gasteiger partial charge in [-0.3, -0.25) is 4.79 Å². The van der Waals surface area contributed by atoms with Crippen molar-refractivity contribution in [3.8, 4) is 0 Å². The number of aromatic nitrogens is 1. The molecule has 0 N–H and O–H groups in total. The largest absolute Gasteiger partial charge is 0.355 e. The quantitative estimate of drug-likeness (QED) is 0.678. The van der Waals surface area contributed by atoms with E-state index in [0.29, 0.717) is 24.9 Å². The Bertz CT molecular complexity index is 1110. The van der Waals surface area contributed by atoms with Crippen molar-refractivity contribution in [3.05, 3.63) is 47.1 Å². The minimum absolute atomic E-state index is 0.0313. The highest BCUT2D eigenvalue weighted by atomic mass is 32.2. The Balaban J connectivity index is 1.56. The Morgan fingerprint density at radius 1 is 1.12 bits per heavy atom. The van der Waals surface area contributed by atoms with Crippen LogP contribution in [-0.4, -0.2) is 54.9 Å². The molecule has 32 heavy (non-hydrogen) atoms. The monoisotopic (exact) mass is 461 g/mol. The van der Waals surface area contributed by atoms with E-state index in [4.69, 9.17) is 4.52 Å². The summed E-state index contributed by atoms with van der Waals surface area (Å²) < 4.78 is 47.6. The Morgan fingerprint density at radius 3 is 2.62 bits per heavy atom. The first kappa shape index (κ1) is 22.7. The zero-order valence-electron chi connectivity index (χ0n) is 18.2. The Morgan fingerprint density at radius 2 is 1.88 bits per heavy atom. The summed E-state index contributed by atoms with van der Waals surface area (Å²) >= 11 is 0. The van der Waals surface area contributed by atoms with Gasteiger partial charge in [-0.2, -0.15) is 4.31 Å². The van der Waals surface area contributed by atoms with E-state index in [1.54, 1.807) is 25.1 Å². The van der Waals surface area contributed by atoms with Gasteiger partial charge in [0.15, 0.2) is 10.7 Å². The number of likely N-dealkylation sites (tertiary alicyclic amines) is 1. The molecule has 2 saturated heterocycles. The number of carbonyl (C=O) groups is 1. The maximum atomic E-state index is 13.9. The molecule has 3 heterocycles. The summed E-state index contributed by atoms with van der Waals surface area (Å²) in [6.45, 7) is 3.55. The number of carbonyl (C=O) groups excluding carboxylic acids is 1. The molecule has 2 fully saturated rings. The van der Waals surface area contributed by atoms with Crippen molar-refractivity contribution in [1.82, 2.24) is 14.4 Å². The van der Waals surface area contributed by atoms with Crippen molar-refractivity contribution in [1.29, 1.82) is 0 Å². The van der Waals surface area contributed by atoms with Gasteiger partial charge in [0.1, 0.15) is 11.5 Å². The minimum Gasteiger partial charge on any atom is -0.355 e. The van der Waals surface area contributed by atoms with Gasteiger partial charge in [0.05, 0.1) is 5.92 Å². The van der Waals surface area contributed by atoms with Crippen LogP contribution in [0.3, 0.4) is 0 Å². The molecule has 1 aromatic carbocycles. The van der Waals surface area contributed by atoms with E-state index < -0.39 is 15.8 Å². The average molecular weight is 462 g/mol. The minimum atomic E-state index is -3.93. The van der Waals surface area contributed by atoms with Crippen LogP contribution in [0.25, 0.3) is 12.2 Å². The maximum Gasteiger partial charge on any atom is 0.248 e. The normalized spacial score (nSPS) is 20.7. The van der Waals surface area contributed by atoms with Crippen LogP contribution in [0.4, 0.5) is 4.39 Å². The van der Waals surface area contributed by atoms with Gasteiger partial charge in [-0.1, -0.05) is 23.4 Å². The first-order valence-electron chi connectivity index (χ1n) is 11.1. The molecule has 0 aliphatic carbocycles. The molecule has 4 rings (SSSR count). The maximum absolute atomic E-state index is 13.9. The van der Waals surface area contributed by atoms with Gasteiger partial charge in [0.2, 0.25) is 15.9 Å². The van der Waals surface area contributed by atoms with Crippen LogP contribution in [0.1, 0.15) is 49.1 Å². The molecule has 1 amide bonds. The second-order valence-electron chi connectivity index (χ2n) is 8.40. The Kier molecular flexibility index (Phi) is 6.76. The van der Waals surface area contributed by atoms with E-state index in [1.807, 2.05) is 4.90 Å². The number of nitrogens with zero attached hydrogens (tertiary/aromatic N) is 3. The van der Waals surface area contributed by atoms with E-state index >= 15 is 0 Å². The summed E-state index contributed by atoms with van der Waals surface area (Å²) in [6.07, 6.45) is 7.32. The standard InChI is InChI=1S/C23H28FN3O4S/c1-17-22(21(31-25-17)12-11-18-8-3-4-10-20(18)24)32(29,30)27-15-7-9-19(16-27)23(28)26-13-5-2-6-14-26/h3-4,8,10-12,19H,2,5-7,9,13-16H2,1H3/b12-11+. The molecule has 2 aliphatic heterocycles. The fraction of sp³-hybridized carbons (Fsp3) is 0.478. The Labute approximate surface area is 187 Å². The van der Waals surface area contributed by atoms with Gasteiger partial charge >= 0.3 is 0 Å². The van der Waals surface area contributed by atoms with Crippen molar-refractivity contribution in [3.63, 3.8) is 0 Å². The molecule has 1 aromatic heterocycles. The topological polar surface area (TPSA) is 83.7 Å². The molecule has 0 radical (unpaired) electrons. The first-order valence-corrected chi connectivity index (χ1v) is 12.5. The van der Waals surface area contributed by atoms with Crippen LogP contribution in [0.5, 0.6) is 0 Å². The summed E-state index contributed by atoms with van der Waals surface area (Å²) in [5.41, 5.74) is 0.553. The van der Waals surface area contributed by atoms with Gasteiger partial charge in [-0.25, -0.2) is 12.8 Å². The van der Waals surface area contributed by atoms with E-state index in [0.717, 1.165) is 32.4 Å². The van der Waals surface area contributed by atoms with Crippen molar-refractivity contribution >= 4 is 28.1 Å². The van der Waals surface area contributed by atoms with E-state index in [1.165, 1.54) is 22.5 Å². The number of piperidine rings is 2. The summed E-state index contributed by atoms with van der Waals surface area (Å²) in [7, 11) is -3.93. The summed E-state index contributed by atoms with van der Waals surface area (Å²) in [4.78, 5) is 14.8. The lowest BCUT2D eigenvalue weighted by Crippen LogP contribution is -2.48. The summed E-state index contributed by atoms with van der Waals surface area (Å²) in [6, 6.07) is 6.19. The van der Waals surface area contributed by atoms with Crippen molar-refractivity contribution in [2.45, 2.75) is 43.9 Å². The van der Waals surface area contributed by atoms with Crippen LogP contribution in [-0.2, 0) is 14.8 Å². The second-order valence-corrected chi connectivity index (χ2v) is 10.3. The zero-order chi connectivity index (χ0) is 22.7. The summed E-state index contributed by atoms with van der Waals surface area (Å²) in [5.74, 6) is -0.657. The number of sulfonamides is 1. The molecule has 7 nitrogen and oxygen atoms in total. The lowest BCUT2D eigenvalue weighted by atomic mass is 9.97. The molecular formula is C23H28FN3O4S. The molecule has 172 valence electrons. The molecule has 9 heteroatoms. The van der Waals surface area contributed by atoms with Crippen molar-refractivity contribution in [2.24, 2.45) is 5.92 Å². The van der Waals surface area contributed by atoms with E-state index in [-0.39, 0.29) is 34.7 Å². The Hall–Kier alpha value is -2.52.